The summed E-state index contributed by atoms with van der Waals surface area (Å²) in [6, 6.07) is 35.4. The lowest BCUT2D eigenvalue weighted by molar-refractivity contribution is 0.415. The summed E-state index contributed by atoms with van der Waals surface area (Å²) in [6.07, 6.45) is 4.31. The minimum absolute atomic E-state index is 0.847. The van der Waals surface area contributed by atoms with Crippen molar-refractivity contribution in [3.63, 3.8) is 0 Å². The number of aromatic amines is 1. The number of ether oxygens (including phenoxy) is 1. The molecule has 0 bridgehead atoms. The standard InChI is InChI=1S/C33H23N3O/c1-37-24-15-11-21(12-16-24)10-13-23-18-33(30-17-14-22-6-2-4-8-28(22)34-30)36-31-20-32-27(19-26(23)31)25-7-3-5-9-29(25)35-32/h2-20,36H,1H3/b13-10+. The molecule has 3 aromatic heterocycles. The van der Waals surface area contributed by atoms with Gasteiger partial charge in [0, 0.05) is 27.1 Å². The molecule has 0 spiro atoms. The fourth-order valence-electron chi connectivity index (χ4n) is 4.97. The van der Waals surface area contributed by atoms with Gasteiger partial charge in [-0.25, -0.2) is 9.97 Å². The number of H-pyrrole nitrogens is 1. The first-order valence-corrected chi connectivity index (χ1v) is 12.3. The van der Waals surface area contributed by atoms with E-state index in [1.165, 1.54) is 5.39 Å². The first-order valence-electron chi connectivity index (χ1n) is 12.3. The minimum atomic E-state index is 0.847. The number of para-hydroxylation sites is 2. The molecule has 0 radical (unpaired) electrons. The normalized spacial score (nSPS) is 11.8. The Hall–Kier alpha value is -4.96. The van der Waals surface area contributed by atoms with E-state index in [9.17, 15) is 0 Å². The van der Waals surface area contributed by atoms with Crippen molar-refractivity contribution in [1.29, 1.82) is 0 Å². The van der Waals surface area contributed by atoms with E-state index in [2.05, 4.69) is 83.9 Å². The zero-order chi connectivity index (χ0) is 24.8. The third-order valence-corrected chi connectivity index (χ3v) is 6.90. The average molecular weight is 478 g/mol. The molecule has 7 rings (SSSR count). The van der Waals surface area contributed by atoms with Crippen molar-refractivity contribution in [2.75, 3.05) is 7.11 Å². The van der Waals surface area contributed by atoms with Crippen LogP contribution in [0.2, 0.25) is 0 Å². The van der Waals surface area contributed by atoms with Crippen LogP contribution < -0.4 is 4.74 Å². The second-order valence-electron chi connectivity index (χ2n) is 9.18. The van der Waals surface area contributed by atoms with E-state index >= 15 is 0 Å². The number of rotatable bonds is 4. The molecule has 0 atom stereocenters. The first-order chi connectivity index (χ1) is 18.2. The number of pyridine rings is 2. The van der Waals surface area contributed by atoms with Gasteiger partial charge in [0.05, 0.1) is 35.0 Å². The van der Waals surface area contributed by atoms with Crippen LogP contribution in [0.15, 0.2) is 103 Å². The summed E-state index contributed by atoms with van der Waals surface area (Å²) < 4.78 is 5.31. The highest BCUT2D eigenvalue weighted by atomic mass is 16.5. The van der Waals surface area contributed by atoms with Gasteiger partial charge in [-0.15, -0.1) is 0 Å². The number of hydrogen-bond donors (Lipinski definition) is 1. The molecule has 4 nitrogen and oxygen atoms in total. The van der Waals surface area contributed by atoms with Gasteiger partial charge in [-0.1, -0.05) is 66.7 Å². The van der Waals surface area contributed by atoms with E-state index in [1.807, 2.05) is 36.4 Å². The third kappa shape index (κ3) is 3.80. The van der Waals surface area contributed by atoms with Crippen molar-refractivity contribution in [3.05, 3.63) is 114 Å². The van der Waals surface area contributed by atoms with Gasteiger partial charge in [-0.2, -0.15) is 0 Å². The molecule has 37 heavy (non-hydrogen) atoms. The first kappa shape index (κ1) is 21.3. The maximum Gasteiger partial charge on any atom is 0.118 e. The smallest absolute Gasteiger partial charge is 0.118 e. The highest BCUT2D eigenvalue weighted by Crippen LogP contribution is 2.33. The second-order valence-corrected chi connectivity index (χ2v) is 9.18. The summed E-state index contributed by atoms with van der Waals surface area (Å²) in [4.78, 5) is 13.5. The Morgan fingerprint density at radius 1 is 0.649 bits per heavy atom. The van der Waals surface area contributed by atoms with Crippen LogP contribution in [0.25, 0.3) is 67.2 Å². The molecule has 3 heterocycles. The second kappa shape index (κ2) is 8.61. The monoisotopic (exact) mass is 477 g/mol. The van der Waals surface area contributed by atoms with E-state index in [4.69, 9.17) is 14.7 Å². The van der Waals surface area contributed by atoms with E-state index in [0.717, 1.165) is 66.5 Å². The van der Waals surface area contributed by atoms with E-state index in [-0.39, 0.29) is 0 Å². The lowest BCUT2D eigenvalue weighted by Gasteiger charge is -2.10. The van der Waals surface area contributed by atoms with Crippen LogP contribution in [0, 0.1) is 0 Å². The topological polar surface area (TPSA) is 50.8 Å². The maximum absolute atomic E-state index is 5.31. The molecule has 1 N–H and O–H groups in total. The van der Waals surface area contributed by atoms with Gasteiger partial charge in [0.1, 0.15) is 5.75 Å². The van der Waals surface area contributed by atoms with Crippen molar-refractivity contribution in [2.45, 2.75) is 0 Å². The van der Waals surface area contributed by atoms with E-state index in [1.54, 1.807) is 7.11 Å². The van der Waals surface area contributed by atoms with Crippen LogP contribution in [0.1, 0.15) is 11.1 Å². The van der Waals surface area contributed by atoms with Crippen LogP contribution >= 0.6 is 0 Å². The molecule has 0 aliphatic carbocycles. The molecule has 0 aliphatic rings. The Balaban J connectivity index is 1.45. The molecule has 4 heteroatoms. The van der Waals surface area contributed by atoms with Crippen LogP contribution in [0.4, 0.5) is 0 Å². The molecule has 0 aliphatic heterocycles. The Morgan fingerprint density at radius 2 is 1.46 bits per heavy atom. The summed E-state index contributed by atoms with van der Waals surface area (Å²) in [6.45, 7) is 0. The highest BCUT2D eigenvalue weighted by Gasteiger charge is 2.12. The average Bonchev–Trinajstić information content (AvgIpc) is 3.32. The zero-order valence-corrected chi connectivity index (χ0v) is 20.3. The lowest BCUT2D eigenvalue weighted by Crippen LogP contribution is -1.92. The molecule has 176 valence electrons. The Labute approximate surface area is 213 Å². The van der Waals surface area contributed by atoms with Crippen LogP contribution in [-0.2, 0) is 0 Å². The van der Waals surface area contributed by atoms with Crippen molar-refractivity contribution in [3.8, 4) is 17.1 Å². The van der Waals surface area contributed by atoms with Gasteiger partial charge in [0.25, 0.3) is 0 Å². The van der Waals surface area contributed by atoms with E-state index < -0.39 is 0 Å². The summed E-state index contributed by atoms with van der Waals surface area (Å²) >= 11 is 0. The molecule has 0 amide bonds. The van der Waals surface area contributed by atoms with Gasteiger partial charge in [-0.05, 0) is 59.7 Å². The zero-order valence-electron chi connectivity index (χ0n) is 20.3. The number of nitrogens with one attached hydrogen (secondary N) is 1. The van der Waals surface area contributed by atoms with Gasteiger partial charge < -0.3 is 9.72 Å². The fraction of sp³-hybridized carbons (Fsp3) is 0.0303. The van der Waals surface area contributed by atoms with Crippen molar-refractivity contribution in [1.82, 2.24) is 15.0 Å². The van der Waals surface area contributed by atoms with Crippen molar-refractivity contribution in [2.24, 2.45) is 0 Å². The van der Waals surface area contributed by atoms with Gasteiger partial charge in [0.15, 0.2) is 0 Å². The Morgan fingerprint density at radius 3 is 2.32 bits per heavy atom. The van der Waals surface area contributed by atoms with Crippen LogP contribution in [0.3, 0.4) is 0 Å². The summed E-state index contributed by atoms with van der Waals surface area (Å²) in [5, 5.41) is 4.60. The third-order valence-electron chi connectivity index (χ3n) is 6.90. The van der Waals surface area contributed by atoms with Crippen molar-refractivity contribution >= 4 is 55.8 Å². The summed E-state index contributed by atoms with van der Waals surface area (Å²) in [5.74, 6) is 0.847. The molecule has 0 saturated carbocycles. The number of nitrogens with zero attached hydrogens (tertiary/aromatic N) is 2. The molecule has 0 saturated heterocycles. The van der Waals surface area contributed by atoms with Gasteiger partial charge >= 0.3 is 0 Å². The van der Waals surface area contributed by atoms with Crippen LogP contribution in [-0.4, -0.2) is 22.1 Å². The fourth-order valence-corrected chi connectivity index (χ4v) is 4.97. The number of benzene rings is 4. The summed E-state index contributed by atoms with van der Waals surface area (Å²) in [7, 11) is 1.68. The van der Waals surface area contributed by atoms with Crippen LogP contribution in [0.5, 0.6) is 5.75 Å². The maximum atomic E-state index is 5.31. The molecule has 7 aromatic rings. The lowest BCUT2D eigenvalue weighted by atomic mass is 10.0. The number of fused-ring (bicyclic) bond motifs is 5. The highest BCUT2D eigenvalue weighted by molar-refractivity contribution is 6.12. The van der Waals surface area contributed by atoms with Gasteiger partial charge in [-0.3, -0.25) is 0 Å². The molecule has 0 unspecified atom stereocenters. The molecule has 4 aromatic carbocycles. The Kier molecular flexibility index (Phi) is 4.96. The number of hydrogen-bond acceptors (Lipinski definition) is 3. The number of aromatic nitrogens is 3. The SMILES string of the molecule is COc1ccc(/C=C/c2cc(-c3ccc4ccccc4n3)[nH]c3cc4nc5ccccc5c4cc23)cc1. The molecular weight excluding hydrogens is 454 g/mol. The molecule has 0 fully saturated rings. The van der Waals surface area contributed by atoms with E-state index in [0.29, 0.717) is 0 Å². The van der Waals surface area contributed by atoms with Gasteiger partial charge in [0.2, 0.25) is 0 Å². The minimum Gasteiger partial charge on any atom is -0.497 e. The molecular formula is C33H23N3O. The number of methoxy groups -OCH3 is 1. The predicted octanol–water partition coefficient (Wildman–Crippen LogP) is 8.26. The van der Waals surface area contributed by atoms with Crippen molar-refractivity contribution < 1.29 is 4.74 Å². The Bertz CT molecular complexity index is 1970. The quantitative estimate of drug-likeness (QED) is 0.278. The largest absolute Gasteiger partial charge is 0.497 e. The summed E-state index contributed by atoms with van der Waals surface area (Å²) in [5.41, 5.74) is 8.08. The predicted molar refractivity (Wildman–Crippen MR) is 154 cm³/mol.